The van der Waals surface area contributed by atoms with Crippen LogP contribution >= 0.6 is 0 Å². The minimum absolute atomic E-state index is 0.810. The number of hydrogen-bond acceptors (Lipinski definition) is 1. The Balaban J connectivity index is 2.09. The van der Waals surface area contributed by atoms with Gasteiger partial charge in [-0.1, -0.05) is 40.5 Å². The Morgan fingerprint density at radius 2 is 1.67 bits per heavy atom. The quantitative estimate of drug-likeness (QED) is 0.646. The van der Waals surface area contributed by atoms with Crippen LogP contribution in [0.4, 0.5) is 0 Å². The summed E-state index contributed by atoms with van der Waals surface area (Å²) < 4.78 is 0. The number of hydrogen-bond donors (Lipinski definition) is 0. The van der Waals surface area contributed by atoms with Crippen LogP contribution in [0.2, 0.25) is 0 Å². The Labute approximate surface area is 96.2 Å². The van der Waals surface area contributed by atoms with E-state index in [-0.39, 0.29) is 0 Å². The molecule has 0 aromatic carbocycles. The van der Waals surface area contributed by atoms with Crippen molar-refractivity contribution >= 4 is 0 Å². The zero-order valence-electron chi connectivity index (χ0n) is 11.3. The molecule has 1 aliphatic carbocycles. The van der Waals surface area contributed by atoms with Gasteiger partial charge in [-0.15, -0.1) is 0 Å². The normalized spacial score (nSPS) is 26.4. The summed E-state index contributed by atoms with van der Waals surface area (Å²) in [4.78, 5) is 2.57. The second kappa shape index (κ2) is 5.89. The maximum absolute atomic E-state index is 2.57. The molecule has 90 valence electrons. The van der Waals surface area contributed by atoms with Crippen molar-refractivity contribution < 1.29 is 0 Å². The minimum atomic E-state index is 0.810. The lowest BCUT2D eigenvalue weighted by Gasteiger charge is -2.42. The highest BCUT2D eigenvalue weighted by molar-refractivity contribution is 4.86. The summed E-state index contributed by atoms with van der Waals surface area (Å²) in [5.74, 6) is 2.73. The van der Waals surface area contributed by atoms with E-state index >= 15 is 0 Å². The third-order valence-electron chi connectivity index (χ3n) is 3.64. The first-order valence-corrected chi connectivity index (χ1v) is 6.69. The van der Waals surface area contributed by atoms with Crippen LogP contribution in [0.15, 0.2) is 0 Å². The minimum Gasteiger partial charge on any atom is -0.303 e. The average molecular weight is 211 g/mol. The molecule has 0 saturated heterocycles. The highest BCUT2D eigenvalue weighted by atomic mass is 15.1. The Morgan fingerprint density at radius 3 is 2.13 bits per heavy atom. The first-order valence-electron chi connectivity index (χ1n) is 6.69. The van der Waals surface area contributed by atoms with Gasteiger partial charge in [-0.05, 0) is 37.6 Å². The van der Waals surface area contributed by atoms with Gasteiger partial charge in [0, 0.05) is 12.6 Å². The van der Waals surface area contributed by atoms with Crippen molar-refractivity contribution in [3.63, 3.8) is 0 Å². The van der Waals surface area contributed by atoms with Crippen LogP contribution in [0.25, 0.3) is 0 Å². The number of rotatable bonds is 6. The van der Waals surface area contributed by atoms with E-state index in [0.29, 0.717) is 0 Å². The molecule has 0 amide bonds. The predicted octanol–water partition coefficient (Wildman–Crippen LogP) is 3.79. The molecule has 0 radical (unpaired) electrons. The van der Waals surface area contributed by atoms with Gasteiger partial charge in [0.15, 0.2) is 0 Å². The van der Waals surface area contributed by atoms with Gasteiger partial charge >= 0.3 is 0 Å². The first-order chi connectivity index (χ1) is 6.99. The number of nitrogens with zero attached hydrogens (tertiary/aromatic N) is 1. The molecule has 0 heterocycles. The van der Waals surface area contributed by atoms with E-state index in [1.807, 2.05) is 0 Å². The smallest absolute Gasteiger partial charge is 0.00976 e. The van der Waals surface area contributed by atoms with Crippen LogP contribution in [0, 0.1) is 17.8 Å². The topological polar surface area (TPSA) is 3.24 Å². The molecule has 1 nitrogen and oxygen atoms in total. The maximum Gasteiger partial charge on any atom is 0.00976 e. The van der Waals surface area contributed by atoms with Gasteiger partial charge in [0.2, 0.25) is 0 Å². The first kappa shape index (κ1) is 13.0. The maximum atomic E-state index is 2.57. The Hall–Kier alpha value is -0.0400. The second-order valence-corrected chi connectivity index (χ2v) is 6.30. The molecule has 1 saturated carbocycles. The fraction of sp³-hybridized carbons (Fsp3) is 1.00. The van der Waals surface area contributed by atoms with Crippen molar-refractivity contribution in [3.05, 3.63) is 0 Å². The molecule has 0 bridgehead atoms. The van der Waals surface area contributed by atoms with Crippen LogP contribution in [-0.4, -0.2) is 24.5 Å². The largest absolute Gasteiger partial charge is 0.303 e. The summed E-state index contributed by atoms with van der Waals surface area (Å²) in [5.41, 5.74) is 0. The Bertz CT molecular complexity index is 168. The summed E-state index contributed by atoms with van der Waals surface area (Å²) in [6.07, 6.45) is 5.79. The lowest BCUT2D eigenvalue weighted by Crippen LogP contribution is -2.43. The SMILES string of the molecule is CC(C)CCC1CC(N(C)CC(C)C)C1. The zero-order valence-corrected chi connectivity index (χ0v) is 11.3. The molecule has 1 rings (SSSR count). The third-order valence-corrected chi connectivity index (χ3v) is 3.64. The van der Waals surface area contributed by atoms with Crippen molar-refractivity contribution in [2.45, 2.75) is 59.4 Å². The Kier molecular flexibility index (Phi) is 5.11. The fourth-order valence-corrected chi connectivity index (χ4v) is 2.59. The van der Waals surface area contributed by atoms with Gasteiger partial charge < -0.3 is 4.90 Å². The van der Waals surface area contributed by atoms with E-state index in [0.717, 1.165) is 23.8 Å². The average Bonchev–Trinajstić information content (AvgIpc) is 1.98. The zero-order chi connectivity index (χ0) is 11.4. The molecule has 1 aliphatic rings. The summed E-state index contributed by atoms with van der Waals surface area (Å²) in [5, 5.41) is 0. The molecule has 0 atom stereocenters. The standard InChI is InChI=1S/C14H29N/c1-11(2)6-7-13-8-14(9-13)15(5)10-12(3)4/h11-14H,6-10H2,1-5H3. The van der Waals surface area contributed by atoms with Gasteiger partial charge in [-0.25, -0.2) is 0 Å². The molecular weight excluding hydrogens is 182 g/mol. The Morgan fingerprint density at radius 1 is 1.07 bits per heavy atom. The van der Waals surface area contributed by atoms with Crippen LogP contribution in [-0.2, 0) is 0 Å². The van der Waals surface area contributed by atoms with Crippen molar-refractivity contribution in [1.82, 2.24) is 4.90 Å². The fourth-order valence-electron chi connectivity index (χ4n) is 2.59. The summed E-state index contributed by atoms with van der Waals surface area (Å²) in [6, 6.07) is 0.893. The van der Waals surface area contributed by atoms with Gasteiger partial charge in [-0.2, -0.15) is 0 Å². The summed E-state index contributed by atoms with van der Waals surface area (Å²) in [6.45, 7) is 10.6. The van der Waals surface area contributed by atoms with Gasteiger partial charge in [0.05, 0.1) is 0 Å². The van der Waals surface area contributed by atoms with E-state index in [1.54, 1.807) is 0 Å². The molecule has 0 aromatic rings. The lowest BCUT2D eigenvalue weighted by molar-refractivity contribution is 0.0838. The van der Waals surface area contributed by atoms with Crippen LogP contribution < -0.4 is 0 Å². The summed E-state index contributed by atoms with van der Waals surface area (Å²) in [7, 11) is 2.29. The second-order valence-electron chi connectivity index (χ2n) is 6.30. The van der Waals surface area contributed by atoms with Gasteiger partial charge in [0.1, 0.15) is 0 Å². The molecule has 1 fully saturated rings. The summed E-state index contributed by atoms with van der Waals surface area (Å²) >= 11 is 0. The molecule has 0 N–H and O–H groups in total. The molecule has 0 unspecified atom stereocenters. The monoisotopic (exact) mass is 211 g/mol. The lowest BCUT2D eigenvalue weighted by atomic mass is 9.76. The molecule has 15 heavy (non-hydrogen) atoms. The van der Waals surface area contributed by atoms with Crippen LogP contribution in [0.3, 0.4) is 0 Å². The van der Waals surface area contributed by atoms with Gasteiger partial charge in [-0.3, -0.25) is 0 Å². The van der Waals surface area contributed by atoms with Crippen molar-refractivity contribution in [2.24, 2.45) is 17.8 Å². The van der Waals surface area contributed by atoms with Crippen molar-refractivity contribution in [3.8, 4) is 0 Å². The highest BCUT2D eigenvalue weighted by Gasteiger charge is 2.31. The molecular formula is C14H29N. The van der Waals surface area contributed by atoms with E-state index in [1.165, 1.54) is 32.2 Å². The third kappa shape index (κ3) is 4.55. The predicted molar refractivity (Wildman–Crippen MR) is 68.1 cm³/mol. The van der Waals surface area contributed by atoms with Crippen LogP contribution in [0.1, 0.15) is 53.4 Å². The van der Waals surface area contributed by atoms with Crippen molar-refractivity contribution in [2.75, 3.05) is 13.6 Å². The van der Waals surface area contributed by atoms with Crippen molar-refractivity contribution in [1.29, 1.82) is 0 Å². The van der Waals surface area contributed by atoms with Gasteiger partial charge in [0.25, 0.3) is 0 Å². The molecule has 0 aliphatic heterocycles. The van der Waals surface area contributed by atoms with E-state index in [4.69, 9.17) is 0 Å². The van der Waals surface area contributed by atoms with E-state index in [2.05, 4.69) is 39.6 Å². The molecule has 0 aromatic heterocycles. The van der Waals surface area contributed by atoms with E-state index in [9.17, 15) is 0 Å². The van der Waals surface area contributed by atoms with Crippen LogP contribution in [0.5, 0.6) is 0 Å². The van der Waals surface area contributed by atoms with E-state index < -0.39 is 0 Å². The highest BCUT2D eigenvalue weighted by Crippen LogP contribution is 2.35. The molecule has 0 spiro atoms. The molecule has 1 heteroatoms.